The molecule has 2 atom stereocenters. The summed E-state index contributed by atoms with van der Waals surface area (Å²) in [6, 6.07) is 0. The molecule has 0 N–H and O–H groups in total. The first-order chi connectivity index (χ1) is 11.6. The van der Waals surface area contributed by atoms with E-state index < -0.39 is 0 Å². The Labute approximate surface area is 144 Å². The van der Waals surface area contributed by atoms with Crippen LogP contribution < -0.4 is 0 Å². The molecule has 1 fully saturated rings. The summed E-state index contributed by atoms with van der Waals surface area (Å²) in [6.07, 6.45) is 9.45. The van der Waals surface area contributed by atoms with Gasteiger partial charge in [-0.2, -0.15) is 5.10 Å². The van der Waals surface area contributed by atoms with E-state index >= 15 is 0 Å². The number of aryl methyl sites for hydroxylation is 2. The van der Waals surface area contributed by atoms with Crippen LogP contribution in [0.2, 0.25) is 0 Å². The Balaban J connectivity index is 1.77. The minimum Gasteiger partial charge on any atom is -0.368 e. The minimum absolute atomic E-state index is 0.157. The van der Waals surface area contributed by atoms with Gasteiger partial charge in [-0.25, -0.2) is 0 Å². The van der Waals surface area contributed by atoms with Crippen LogP contribution >= 0.6 is 0 Å². The minimum atomic E-state index is -0.249. The van der Waals surface area contributed by atoms with Gasteiger partial charge in [0.25, 0.3) is 5.91 Å². The average molecular weight is 331 g/mol. The molecular weight excluding hydrogens is 302 g/mol. The van der Waals surface area contributed by atoms with E-state index in [4.69, 9.17) is 4.74 Å². The van der Waals surface area contributed by atoms with Gasteiger partial charge in [-0.1, -0.05) is 12.2 Å². The Morgan fingerprint density at radius 2 is 2.21 bits per heavy atom. The first-order valence-electron chi connectivity index (χ1n) is 9.10. The molecule has 5 heteroatoms. The van der Waals surface area contributed by atoms with Crippen molar-refractivity contribution in [2.24, 2.45) is 13.0 Å². The lowest BCUT2D eigenvalue weighted by Gasteiger charge is -2.30. The van der Waals surface area contributed by atoms with Gasteiger partial charge in [0.05, 0.1) is 5.69 Å². The molecule has 1 saturated heterocycles. The molecule has 1 aliphatic heterocycles. The number of amides is 1. The molecule has 1 aromatic rings. The van der Waals surface area contributed by atoms with Crippen LogP contribution in [0.1, 0.15) is 49.1 Å². The largest absolute Gasteiger partial charge is 0.368 e. The highest BCUT2D eigenvalue weighted by molar-refractivity contribution is 5.81. The van der Waals surface area contributed by atoms with Crippen LogP contribution in [-0.4, -0.2) is 39.8 Å². The molecule has 0 saturated carbocycles. The van der Waals surface area contributed by atoms with Crippen LogP contribution in [0.25, 0.3) is 0 Å². The zero-order valence-electron chi connectivity index (χ0n) is 15.1. The third-order valence-corrected chi connectivity index (χ3v) is 5.38. The molecule has 0 unspecified atom stereocenters. The number of hydrogen-bond donors (Lipinski definition) is 0. The molecule has 1 aromatic heterocycles. The fourth-order valence-electron chi connectivity index (χ4n) is 3.78. The van der Waals surface area contributed by atoms with E-state index in [1.54, 1.807) is 0 Å². The Morgan fingerprint density at radius 3 is 2.79 bits per heavy atom. The highest BCUT2D eigenvalue weighted by Crippen LogP contribution is 2.24. The molecule has 1 aliphatic carbocycles. The third kappa shape index (κ3) is 3.72. The number of allylic oxidation sites excluding steroid dienone is 2. The molecule has 2 heterocycles. The van der Waals surface area contributed by atoms with Crippen molar-refractivity contribution in [1.29, 1.82) is 0 Å². The predicted molar refractivity (Wildman–Crippen MR) is 93.6 cm³/mol. The number of hydrogen-bond acceptors (Lipinski definition) is 3. The summed E-state index contributed by atoms with van der Waals surface area (Å²) in [4.78, 5) is 15.0. The maximum Gasteiger partial charge on any atom is 0.252 e. The van der Waals surface area contributed by atoms with Gasteiger partial charge in [0.2, 0.25) is 0 Å². The lowest BCUT2D eigenvalue weighted by molar-refractivity contribution is -0.142. The van der Waals surface area contributed by atoms with Gasteiger partial charge in [0.1, 0.15) is 6.10 Å². The third-order valence-electron chi connectivity index (χ3n) is 5.38. The summed E-state index contributed by atoms with van der Waals surface area (Å²) >= 11 is 0. The lowest BCUT2D eigenvalue weighted by Crippen LogP contribution is -2.41. The number of nitrogens with zero attached hydrogens (tertiary/aromatic N) is 3. The molecule has 5 nitrogen and oxygen atoms in total. The first kappa shape index (κ1) is 17.2. The average Bonchev–Trinajstić information content (AvgIpc) is 3.19. The number of ether oxygens (including phenoxy) is 1. The standard InChI is InChI=1S/C19H29N3O2/c1-14-17(15(2)21(3)20-14)13-22(12-16-8-5-4-6-9-16)19(23)18-10-7-11-24-18/h4-5,16,18H,6-13H2,1-3H3/t16-,18-/m1/s1. The Kier molecular flexibility index (Phi) is 5.39. The van der Waals surface area contributed by atoms with E-state index in [1.807, 2.05) is 23.6 Å². The van der Waals surface area contributed by atoms with E-state index in [9.17, 15) is 4.79 Å². The van der Waals surface area contributed by atoms with Crippen molar-refractivity contribution in [3.8, 4) is 0 Å². The lowest BCUT2D eigenvalue weighted by atomic mass is 9.93. The number of carbonyl (C=O) groups excluding carboxylic acids is 1. The molecule has 3 rings (SSSR count). The summed E-state index contributed by atoms with van der Waals surface area (Å²) in [5.41, 5.74) is 3.33. The summed E-state index contributed by atoms with van der Waals surface area (Å²) in [5, 5.41) is 4.50. The van der Waals surface area contributed by atoms with Gasteiger partial charge < -0.3 is 9.64 Å². The molecule has 1 amide bonds. The summed E-state index contributed by atoms with van der Waals surface area (Å²) in [5.74, 6) is 0.711. The molecule has 2 aliphatic rings. The number of carbonyl (C=O) groups is 1. The monoisotopic (exact) mass is 331 g/mol. The summed E-state index contributed by atoms with van der Waals surface area (Å²) in [7, 11) is 1.96. The van der Waals surface area contributed by atoms with Crippen molar-refractivity contribution < 1.29 is 9.53 Å². The van der Waals surface area contributed by atoms with Crippen molar-refractivity contribution in [2.45, 2.75) is 58.6 Å². The van der Waals surface area contributed by atoms with Gasteiger partial charge in [0.15, 0.2) is 0 Å². The van der Waals surface area contributed by atoms with Crippen molar-refractivity contribution in [2.75, 3.05) is 13.2 Å². The van der Waals surface area contributed by atoms with Gasteiger partial charge in [-0.3, -0.25) is 9.48 Å². The van der Waals surface area contributed by atoms with E-state index in [-0.39, 0.29) is 12.0 Å². The molecule has 0 aromatic carbocycles. The molecule has 0 spiro atoms. The molecule has 132 valence electrons. The highest BCUT2D eigenvalue weighted by Gasteiger charge is 2.30. The summed E-state index contributed by atoms with van der Waals surface area (Å²) < 4.78 is 7.57. The van der Waals surface area contributed by atoms with Crippen LogP contribution in [0.15, 0.2) is 12.2 Å². The Bertz CT molecular complexity index is 614. The molecule has 24 heavy (non-hydrogen) atoms. The number of rotatable bonds is 5. The van der Waals surface area contributed by atoms with Crippen molar-refractivity contribution >= 4 is 5.91 Å². The van der Waals surface area contributed by atoms with Crippen LogP contribution in [-0.2, 0) is 23.1 Å². The van der Waals surface area contributed by atoms with Gasteiger partial charge >= 0.3 is 0 Å². The van der Waals surface area contributed by atoms with Crippen molar-refractivity contribution in [3.05, 3.63) is 29.1 Å². The first-order valence-corrected chi connectivity index (χ1v) is 9.10. The van der Waals surface area contributed by atoms with Gasteiger partial charge in [-0.05, 0) is 51.9 Å². The van der Waals surface area contributed by atoms with Gasteiger partial charge in [0, 0.05) is 38.0 Å². The Morgan fingerprint density at radius 1 is 1.38 bits per heavy atom. The summed E-state index contributed by atoms with van der Waals surface area (Å²) in [6.45, 7) is 6.27. The topological polar surface area (TPSA) is 47.4 Å². The van der Waals surface area contributed by atoms with Crippen molar-refractivity contribution in [1.82, 2.24) is 14.7 Å². The maximum atomic E-state index is 13.0. The maximum absolute atomic E-state index is 13.0. The molecular formula is C19H29N3O2. The van der Waals surface area contributed by atoms with E-state index in [0.717, 1.165) is 50.0 Å². The fraction of sp³-hybridized carbons (Fsp3) is 0.684. The smallest absolute Gasteiger partial charge is 0.252 e. The normalized spacial score (nSPS) is 23.6. The molecule has 0 radical (unpaired) electrons. The highest BCUT2D eigenvalue weighted by atomic mass is 16.5. The van der Waals surface area contributed by atoms with E-state index in [1.165, 1.54) is 5.56 Å². The predicted octanol–water partition coefficient (Wildman–Crippen LogP) is 2.90. The van der Waals surface area contributed by atoms with Gasteiger partial charge in [-0.15, -0.1) is 0 Å². The molecule has 0 bridgehead atoms. The number of aromatic nitrogens is 2. The quantitative estimate of drug-likeness (QED) is 0.780. The fourth-order valence-corrected chi connectivity index (χ4v) is 3.78. The van der Waals surface area contributed by atoms with Crippen LogP contribution in [0, 0.1) is 19.8 Å². The van der Waals surface area contributed by atoms with Crippen LogP contribution in [0.4, 0.5) is 0 Å². The zero-order chi connectivity index (χ0) is 17.1. The van der Waals surface area contributed by atoms with E-state index in [2.05, 4.69) is 24.2 Å². The Hall–Kier alpha value is -1.62. The van der Waals surface area contributed by atoms with Crippen LogP contribution in [0.3, 0.4) is 0 Å². The second kappa shape index (κ2) is 7.51. The van der Waals surface area contributed by atoms with E-state index in [0.29, 0.717) is 19.1 Å². The second-order valence-electron chi connectivity index (χ2n) is 7.14. The SMILES string of the molecule is Cc1nn(C)c(C)c1CN(C[C@@H]1CC=CCC1)C(=O)[C@H]1CCCO1. The van der Waals surface area contributed by atoms with Crippen molar-refractivity contribution in [3.63, 3.8) is 0 Å². The van der Waals surface area contributed by atoms with Crippen LogP contribution in [0.5, 0.6) is 0 Å². The second-order valence-corrected chi connectivity index (χ2v) is 7.14. The zero-order valence-corrected chi connectivity index (χ0v) is 15.1.